The van der Waals surface area contributed by atoms with Crippen LogP contribution in [0.25, 0.3) is 0 Å². The first-order valence-corrected chi connectivity index (χ1v) is 6.53. The van der Waals surface area contributed by atoms with Crippen molar-refractivity contribution in [2.45, 2.75) is 25.0 Å². The van der Waals surface area contributed by atoms with Gasteiger partial charge in [-0.1, -0.05) is 0 Å². The van der Waals surface area contributed by atoms with Crippen LogP contribution in [0.3, 0.4) is 0 Å². The number of nitrogens with one attached hydrogen (secondary N) is 1. The molecule has 1 aromatic rings. The third kappa shape index (κ3) is 2.44. The normalized spacial score (nSPS) is 24.5. The number of likely N-dealkylation sites (tertiary alicyclic amines) is 1. The smallest absolute Gasteiger partial charge is 0.356 e. The molecule has 7 nitrogen and oxygen atoms in total. The van der Waals surface area contributed by atoms with Crippen LogP contribution in [0, 0.1) is 0 Å². The summed E-state index contributed by atoms with van der Waals surface area (Å²) in [5, 5.41) is 11.7. The van der Waals surface area contributed by atoms with Gasteiger partial charge in [0, 0.05) is 19.3 Å². The van der Waals surface area contributed by atoms with E-state index < -0.39 is 5.97 Å². The number of hydrogen-bond donors (Lipinski definition) is 2. The number of fused-ring (bicyclic) bond motifs is 2. The van der Waals surface area contributed by atoms with Crippen molar-refractivity contribution in [3.8, 4) is 0 Å². The van der Waals surface area contributed by atoms with Crippen molar-refractivity contribution in [1.82, 2.24) is 9.88 Å². The lowest BCUT2D eigenvalue weighted by atomic mass is 10.2. The number of hydrogen-bond acceptors (Lipinski definition) is 4. The maximum Gasteiger partial charge on any atom is 0.356 e. The molecule has 2 bridgehead atoms. The largest absolute Gasteiger partial charge is 0.476 e. The maximum atomic E-state index is 12.2. The fraction of sp³-hybridized carbons (Fsp3) is 0.462. The van der Waals surface area contributed by atoms with Crippen LogP contribution in [0.1, 0.15) is 23.3 Å². The monoisotopic (exact) mass is 277 g/mol. The minimum atomic E-state index is -1.16. The number of ether oxygens (including phenoxy) is 1. The average Bonchev–Trinajstić information content (AvgIpc) is 2.77. The lowest BCUT2D eigenvalue weighted by Gasteiger charge is -2.32. The van der Waals surface area contributed by atoms with E-state index in [9.17, 15) is 9.59 Å². The molecule has 2 amide bonds. The molecular weight excluding hydrogens is 262 g/mol. The number of carboxylic acid groups (broad SMARTS) is 1. The predicted molar refractivity (Wildman–Crippen MR) is 69.7 cm³/mol. The van der Waals surface area contributed by atoms with Crippen LogP contribution in [0.4, 0.5) is 10.5 Å². The van der Waals surface area contributed by atoms with Gasteiger partial charge in [0.15, 0.2) is 5.69 Å². The van der Waals surface area contributed by atoms with Gasteiger partial charge in [0.25, 0.3) is 0 Å². The van der Waals surface area contributed by atoms with Gasteiger partial charge < -0.3 is 20.1 Å². The Labute approximate surface area is 115 Å². The number of carbonyl (C=O) groups excluding carboxylic acids is 1. The summed E-state index contributed by atoms with van der Waals surface area (Å²) in [6.45, 7) is 1.09. The molecule has 2 saturated heterocycles. The van der Waals surface area contributed by atoms with Gasteiger partial charge in [0.05, 0.1) is 17.9 Å². The minimum Gasteiger partial charge on any atom is -0.476 e. The van der Waals surface area contributed by atoms with Crippen molar-refractivity contribution in [2.75, 3.05) is 18.4 Å². The van der Waals surface area contributed by atoms with Gasteiger partial charge in [-0.2, -0.15) is 0 Å². The third-order valence-electron chi connectivity index (χ3n) is 3.58. The predicted octanol–water partition coefficient (Wildman–Crippen LogP) is 1.17. The zero-order valence-electron chi connectivity index (χ0n) is 10.8. The lowest BCUT2D eigenvalue weighted by Crippen LogP contribution is -2.47. The zero-order valence-corrected chi connectivity index (χ0v) is 10.8. The van der Waals surface area contributed by atoms with Gasteiger partial charge in [-0.3, -0.25) is 0 Å². The number of pyridine rings is 1. The molecule has 0 spiro atoms. The number of aromatic carboxylic acids is 1. The van der Waals surface area contributed by atoms with Gasteiger partial charge in [0.1, 0.15) is 0 Å². The van der Waals surface area contributed by atoms with Gasteiger partial charge in [-0.25, -0.2) is 14.6 Å². The molecule has 3 rings (SSSR count). The number of carboxylic acids is 1. The first-order valence-electron chi connectivity index (χ1n) is 6.53. The number of rotatable bonds is 2. The van der Waals surface area contributed by atoms with Crippen LogP contribution in [0.5, 0.6) is 0 Å². The number of amides is 2. The van der Waals surface area contributed by atoms with Crippen molar-refractivity contribution in [3.63, 3.8) is 0 Å². The molecule has 20 heavy (non-hydrogen) atoms. The zero-order chi connectivity index (χ0) is 14.1. The van der Waals surface area contributed by atoms with E-state index in [0.717, 1.165) is 12.8 Å². The molecule has 2 aliphatic heterocycles. The lowest BCUT2D eigenvalue weighted by molar-refractivity contribution is -0.0219. The molecule has 2 atom stereocenters. The quantitative estimate of drug-likeness (QED) is 0.846. The van der Waals surface area contributed by atoms with Crippen LogP contribution in [0.2, 0.25) is 0 Å². The van der Waals surface area contributed by atoms with Crippen LogP contribution < -0.4 is 5.32 Å². The summed E-state index contributed by atoms with van der Waals surface area (Å²) in [6.07, 6.45) is 3.54. The fourth-order valence-electron chi connectivity index (χ4n) is 2.65. The Kier molecular flexibility index (Phi) is 3.27. The SMILES string of the molecule is O=C(O)c1ncccc1NC(=O)N1CC2CCC(C1)O2. The Bertz CT molecular complexity index is 536. The van der Waals surface area contributed by atoms with E-state index in [1.807, 2.05) is 0 Å². The second-order valence-electron chi connectivity index (χ2n) is 5.00. The van der Waals surface area contributed by atoms with E-state index in [2.05, 4.69) is 10.3 Å². The Morgan fingerprint density at radius 2 is 2.05 bits per heavy atom. The number of carbonyl (C=O) groups is 2. The van der Waals surface area contributed by atoms with Crippen molar-refractivity contribution in [2.24, 2.45) is 0 Å². The average molecular weight is 277 g/mol. The molecular formula is C13H15N3O4. The number of nitrogens with zero attached hydrogens (tertiary/aromatic N) is 2. The number of urea groups is 1. The highest BCUT2D eigenvalue weighted by Crippen LogP contribution is 2.26. The summed E-state index contributed by atoms with van der Waals surface area (Å²) in [4.78, 5) is 28.7. The van der Waals surface area contributed by atoms with E-state index >= 15 is 0 Å². The summed E-state index contributed by atoms with van der Waals surface area (Å²) in [6, 6.07) is 2.81. The van der Waals surface area contributed by atoms with Gasteiger partial charge >= 0.3 is 12.0 Å². The molecule has 7 heteroatoms. The molecule has 2 fully saturated rings. The van der Waals surface area contributed by atoms with E-state index in [0.29, 0.717) is 13.1 Å². The van der Waals surface area contributed by atoms with Crippen LogP contribution in [-0.2, 0) is 4.74 Å². The first-order chi connectivity index (χ1) is 9.63. The highest BCUT2D eigenvalue weighted by molar-refractivity contribution is 5.98. The molecule has 2 N–H and O–H groups in total. The molecule has 106 valence electrons. The van der Waals surface area contributed by atoms with Gasteiger partial charge in [-0.05, 0) is 25.0 Å². The molecule has 3 heterocycles. The highest BCUT2D eigenvalue weighted by atomic mass is 16.5. The fourth-order valence-corrected chi connectivity index (χ4v) is 2.65. The van der Waals surface area contributed by atoms with Crippen molar-refractivity contribution >= 4 is 17.7 Å². The van der Waals surface area contributed by atoms with Crippen LogP contribution in [0.15, 0.2) is 18.3 Å². The van der Waals surface area contributed by atoms with Crippen LogP contribution in [-0.4, -0.2) is 52.3 Å². The third-order valence-corrected chi connectivity index (χ3v) is 3.58. The Balaban J connectivity index is 1.72. The summed E-state index contributed by atoms with van der Waals surface area (Å²) < 4.78 is 5.66. The maximum absolute atomic E-state index is 12.2. The van der Waals surface area contributed by atoms with E-state index in [4.69, 9.17) is 9.84 Å². The number of morpholine rings is 1. The van der Waals surface area contributed by atoms with Crippen molar-refractivity contribution in [3.05, 3.63) is 24.0 Å². The Morgan fingerprint density at radius 1 is 1.35 bits per heavy atom. The molecule has 1 aromatic heterocycles. The van der Waals surface area contributed by atoms with E-state index in [1.165, 1.54) is 12.3 Å². The van der Waals surface area contributed by atoms with Gasteiger partial charge in [-0.15, -0.1) is 0 Å². The molecule has 0 aromatic carbocycles. The summed E-state index contributed by atoms with van der Waals surface area (Å²) in [7, 11) is 0. The molecule has 0 saturated carbocycles. The molecule has 0 radical (unpaired) electrons. The number of aromatic nitrogens is 1. The summed E-state index contributed by atoms with van der Waals surface area (Å²) >= 11 is 0. The second kappa shape index (κ2) is 5.09. The van der Waals surface area contributed by atoms with Crippen molar-refractivity contribution < 1.29 is 19.4 Å². The Hall–Kier alpha value is -2.15. The Morgan fingerprint density at radius 3 is 2.70 bits per heavy atom. The molecule has 2 aliphatic rings. The summed E-state index contributed by atoms with van der Waals surface area (Å²) in [5.41, 5.74) is 0.0564. The number of anilines is 1. The van der Waals surface area contributed by atoms with E-state index in [-0.39, 0.29) is 29.6 Å². The van der Waals surface area contributed by atoms with Gasteiger partial charge in [0.2, 0.25) is 0 Å². The summed E-state index contributed by atoms with van der Waals surface area (Å²) in [5.74, 6) is -1.16. The minimum absolute atomic E-state index is 0.104. The van der Waals surface area contributed by atoms with E-state index in [1.54, 1.807) is 11.0 Å². The van der Waals surface area contributed by atoms with Crippen LogP contribution >= 0.6 is 0 Å². The highest BCUT2D eigenvalue weighted by Gasteiger charge is 2.35. The first kappa shape index (κ1) is 12.9. The topological polar surface area (TPSA) is 91.8 Å². The standard InChI is InChI=1S/C13H15N3O4/c17-12(18)11-10(2-1-5-14-11)15-13(19)16-6-8-3-4-9(7-16)20-8/h1-2,5,8-9H,3-4,6-7H2,(H,15,19)(H,17,18). The second-order valence-corrected chi connectivity index (χ2v) is 5.00. The molecule has 0 aliphatic carbocycles. The van der Waals surface area contributed by atoms with Crippen molar-refractivity contribution in [1.29, 1.82) is 0 Å². The molecule has 2 unspecified atom stereocenters.